The lowest BCUT2D eigenvalue weighted by molar-refractivity contribution is -0.117. The molecule has 2 aromatic rings. The van der Waals surface area contributed by atoms with Crippen LogP contribution in [-0.4, -0.2) is 28.1 Å². The van der Waals surface area contributed by atoms with Crippen molar-refractivity contribution in [2.45, 2.75) is 59.9 Å². The Hall–Kier alpha value is -2.34. The molecule has 29 heavy (non-hydrogen) atoms. The van der Waals surface area contributed by atoms with Gasteiger partial charge in [-0.15, -0.1) is 0 Å². The number of aromatic nitrogens is 2. The first kappa shape index (κ1) is 21.4. The molecule has 1 saturated heterocycles. The van der Waals surface area contributed by atoms with Gasteiger partial charge in [0.15, 0.2) is 0 Å². The van der Waals surface area contributed by atoms with Crippen molar-refractivity contribution in [3.63, 3.8) is 0 Å². The summed E-state index contributed by atoms with van der Waals surface area (Å²) in [7, 11) is 0. The maximum atomic E-state index is 12.5. The molecule has 7 heteroatoms. The highest BCUT2D eigenvalue weighted by atomic mass is 35.5. The number of nitrogens with zero attached hydrogens (tertiary/aromatic N) is 3. The van der Waals surface area contributed by atoms with Gasteiger partial charge in [0.2, 0.25) is 11.8 Å². The molecular weight excluding hydrogens is 388 g/mol. The molecule has 156 valence electrons. The zero-order chi connectivity index (χ0) is 21.1. The lowest BCUT2D eigenvalue weighted by Gasteiger charge is -2.18. The topological polar surface area (TPSA) is 67.2 Å². The monoisotopic (exact) mass is 416 g/mol. The molecule has 0 aliphatic carbocycles. The zero-order valence-electron chi connectivity index (χ0n) is 17.6. The molecule has 0 radical (unpaired) electrons. The standard InChI is InChI=1S/C22H29ClN4O2/c1-14(2)13-27-16(4)18(15(3)25-27)8-10-21(28)24-17-7-9-20(19(23)12-17)26-11-5-6-22(26)29/h7,9,12,14H,5-6,8,10-11,13H2,1-4H3,(H,24,28). The van der Waals surface area contributed by atoms with Crippen LogP contribution in [0.25, 0.3) is 0 Å². The Morgan fingerprint density at radius 2 is 2.07 bits per heavy atom. The van der Waals surface area contributed by atoms with Crippen LogP contribution in [0.4, 0.5) is 11.4 Å². The van der Waals surface area contributed by atoms with Crippen molar-refractivity contribution in [1.29, 1.82) is 0 Å². The number of carbonyl (C=O) groups is 2. The van der Waals surface area contributed by atoms with Crippen LogP contribution < -0.4 is 10.2 Å². The first-order valence-electron chi connectivity index (χ1n) is 10.2. The predicted molar refractivity (Wildman–Crippen MR) is 117 cm³/mol. The molecule has 0 unspecified atom stereocenters. The molecule has 1 N–H and O–H groups in total. The van der Waals surface area contributed by atoms with E-state index in [-0.39, 0.29) is 11.8 Å². The van der Waals surface area contributed by atoms with E-state index in [1.165, 1.54) is 0 Å². The second-order valence-electron chi connectivity index (χ2n) is 8.09. The lowest BCUT2D eigenvalue weighted by atomic mass is 10.1. The van der Waals surface area contributed by atoms with Crippen molar-refractivity contribution in [2.24, 2.45) is 5.92 Å². The summed E-state index contributed by atoms with van der Waals surface area (Å²) in [6, 6.07) is 5.30. The summed E-state index contributed by atoms with van der Waals surface area (Å²) in [6.07, 6.45) is 2.43. The summed E-state index contributed by atoms with van der Waals surface area (Å²) in [5.74, 6) is 0.543. The number of carbonyl (C=O) groups excluding carboxylic acids is 2. The normalized spacial score (nSPS) is 14.1. The number of hydrogen-bond acceptors (Lipinski definition) is 3. The fourth-order valence-electron chi connectivity index (χ4n) is 3.79. The van der Waals surface area contributed by atoms with Crippen molar-refractivity contribution in [3.8, 4) is 0 Å². The molecule has 1 aliphatic heterocycles. The van der Waals surface area contributed by atoms with E-state index < -0.39 is 0 Å². The minimum absolute atomic E-state index is 0.0681. The van der Waals surface area contributed by atoms with Crippen molar-refractivity contribution in [2.75, 3.05) is 16.8 Å². The minimum Gasteiger partial charge on any atom is -0.326 e. The number of hydrogen-bond donors (Lipinski definition) is 1. The predicted octanol–water partition coefficient (Wildman–Crippen LogP) is 4.51. The van der Waals surface area contributed by atoms with Gasteiger partial charge in [0.1, 0.15) is 0 Å². The molecule has 3 rings (SSSR count). The second-order valence-corrected chi connectivity index (χ2v) is 8.50. The fraction of sp³-hybridized carbons (Fsp3) is 0.500. The Balaban J connectivity index is 1.61. The molecule has 2 heterocycles. The van der Waals surface area contributed by atoms with E-state index in [0.29, 0.717) is 48.1 Å². The molecular formula is C22H29ClN4O2. The van der Waals surface area contributed by atoms with Gasteiger partial charge in [-0.05, 0) is 56.4 Å². The summed E-state index contributed by atoms with van der Waals surface area (Å²) in [5, 5.41) is 7.99. The molecule has 0 bridgehead atoms. The third-order valence-electron chi connectivity index (χ3n) is 5.27. The van der Waals surface area contributed by atoms with Gasteiger partial charge in [-0.2, -0.15) is 5.10 Å². The summed E-state index contributed by atoms with van der Waals surface area (Å²) < 4.78 is 2.03. The van der Waals surface area contributed by atoms with Gasteiger partial charge in [-0.1, -0.05) is 25.4 Å². The smallest absolute Gasteiger partial charge is 0.227 e. The van der Waals surface area contributed by atoms with E-state index in [2.05, 4.69) is 31.2 Å². The molecule has 0 atom stereocenters. The van der Waals surface area contributed by atoms with Gasteiger partial charge in [0.25, 0.3) is 0 Å². The molecule has 1 fully saturated rings. The highest BCUT2D eigenvalue weighted by molar-refractivity contribution is 6.34. The lowest BCUT2D eigenvalue weighted by Crippen LogP contribution is -2.24. The Labute approximate surface area is 177 Å². The number of benzene rings is 1. The molecule has 0 spiro atoms. The number of anilines is 2. The van der Waals surface area contributed by atoms with E-state index >= 15 is 0 Å². The minimum atomic E-state index is -0.0681. The van der Waals surface area contributed by atoms with Gasteiger partial charge in [-0.25, -0.2) is 0 Å². The molecule has 1 aromatic heterocycles. The van der Waals surface area contributed by atoms with Crippen LogP contribution in [0.3, 0.4) is 0 Å². The summed E-state index contributed by atoms with van der Waals surface area (Å²) >= 11 is 6.36. The zero-order valence-corrected chi connectivity index (χ0v) is 18.3. The molecule has 1 aliphatic rings. The number of rotatable bonds is 7. The van der Waals surface area contributed by atoms with E-state index in [4.69, 9.17) is 11.6 Å². The molecule has 0 saturated carbocycles. The molecule has 2 amide bonds. The molecule has 1 aromatic carbocycles. The Morgan fingerprint density at radius 3 is 2.69 bits per heavy atom. The van der Waals surface area contributed by atoms with E-state index in [1.807, 2.05) is 11.6 Å². The van der Waals surface area contributed by atoms with E-state index in [1.54, 1.807) is 23.1 Å². The van der Waals surface area contributed by atoms with Gasteiger partial charge in [0.05, 0.1) is 16.4 Å². The van der Waals surface area contributed by atoms with Gasteiger partial charge >= 0.3 is 0 Å². The van der Waals surface area contributed by atoms with Crippen molar-refractivity contribution in [3.05, 3.63) is 40.2 Å². The van der Waals surface area contributed by atoms with E-state index in [9.17, 15) is 9.59 Å². The van der Waals surface area contributed by atoms with Gasteiger partial charge in [0, 0.05) is 37.3 Å². The summed E-state index contributed by atoms with van der Waals surface area (Å²) in [5.41, 5.74) is 4.60. The Kier molecular flexibility index (Phi) is 6.63. The SMILES string of the molecule is Cc1nn(CC(C)C)c(C)c1CCC(=O)Nc1ccc(N2CCCC2=O)c(Cl)c1. The van der Waals surface area contributed by atoms with Crippen molar-refractivity contribution >= 4 is 34.8 Å². The van der Waals surface area contributed by atoms with Crippen LogP contribution in [0.1, 0.15) is 50.1 Å². The molecule has 6 nitrogen and oxygen atoms in total. The highest BCUT2D eigenvalue weighted by Crippen LogP contribution is 2.31. The van der Waals surface area contributed by atoms with Crippen LogP contribution in [0.2, 0.25) is 5.02 Å². The number of halogens is 1. The Bertz CT molecular complexity index is 920. The largest absolute Gasteiger partial charge is 0.326 e. The van der Waals surface area contributed by atoms with Crippen molar-refractivity contribution < 1.29 is 9.59 Å². The van der Waals surface area contributed by atoms with Crippen LogP contribution >= 0.6 is 11.6 Å². The average Bonchev–Trinajstić information content (AvgIpc) is 3.17. The second kappa shape index (κ2) is 8.99. The number of amides is 2. The van der Waals surface area contributed by atoms with Crippen LogP contribution in [0, 0.1) is 19.8 Å². The highest BCUT2D eigenvalue weighted by Gasteiger charge is 2.23. The Morgan fingerprint density at radius 1 is 1.31 bits per heavy atom. The number of nitrogens with one attached hydrogen (secondary N) is 1. The van der Waals surface area contributed by atoms with Crippen LogP contribution in [0.15, 0.2) is 18.2 Å². The quantitative estimate of drug-likeness (QED) is 0.722. The van der Waals surface area contributed by atoms with Gasteiger partial charge < -0.3 is 10.2 Å². The fourth-order valence-corrected chi connectivity index (χ4v) is 4.07. The average molecular weight is 417 g/mol. The first-order chi connectivity index (χ1) is 13.8. The number of aryl methyl sites for hydroxylation is 1. The van der Waals surface area contributed by atoms with Gasteiger partial charge in [-0.3, -0.25) is 14.3 Å². The summed E-state index contributed by atoms with van der Waals surface area (Å²) in [6.45, 7) is 9.96. The third kappa shape index (κ3) is 4.99. The van der Waals surface area contributed by atoms with Crippen LogP contribution in [-0.2, 0) is 22.6 Å². The summed E-state index contributed by atoms with van der Waals surface area (Å²) in [4.78, 5) is 26.1. The van der Waals surface area contributed by atoms with E-state index in [0.717, 1.165) is 29.9 Å². The van der Waals surface area contributed by atoms with Crippen molar-refractivity contribution in [1.82, 2.24) is 9.78 Å². The maximum Gasteiger partial charge on any atom is 0.227 e. The van der Waals surface area contributed by atoms with Crippen LogP contribution in [0.5, 0.6) is 0 Å². The maximum absolute atomic E-state index is 12.5. The third-order valence-corrected chi connectivity index (χ3v) is 5.57. The first-order valence-corrected chi connectivity index (χ1v) is 10.6.